The van der Waals surface area contributed by atoms with E-state index in [4.69, 9.17) is 11.6 Å². The van der Waals surface area contributed by atoms with Crippen LogP contribution in [0.5, 0.6) is 0 Å². The van der Waals surface area contributed by atoms with Crippen molar-refractivity contribution in [3.8, 4) is 0 Å². The standard InChI is InChI=1S/C14H11ClN2O3/c15-10-14(18)16(11-4-2-1-3-5-11)12-6-8-13(9-7-12)17(19)20/h1-9H,10H2. The Balaban J connectivity index is 2.42. The topological polar surface area (TPSA) is 63.5 Å². The minimum absolute atomic E-state index is 0.0277. The Labute approximate surface area is 120 Å². The number of nitro benzene ring substituents is 1. The Morgan fingerprint density at radius 3 is 2.10 bits per heavy atom. The van der Waals surface area contributed by atoms with Gasteiger partial charge in [-0.3, -0.25) is 19.8 Å². The Kier molecular flexibility index (Phi) is 4.32. The number of para-hydroxylation sites is 1. The summed E-state index contributed by atoms with van der Waals surface area (Å²) in [5.74, 6) is -0.474. The molecule has 2 rings (SSSR count). The molecular formula is C14H11ClN2O3. The van der Waals surface area contributed by atoms with Crippen LogP contribution in [0.4, 0.5) is 17.1 Å². The van der Waals surface area contributed by atoms with E-state index < -0.39 is 4.92 Å². The minimum atomic E-state index is -0.486. The molecule has 0 aromatic heterocycles. The van der Waals surface area contributed by atoms with Crippen molar-refractivity contribution in [3.63, 3.8) is 0 Å². The van der Waals surface area contributed by atoms with E-state index in [2.05, 4.69) is 0 Å². The van der Waals surface area contributed by atoms with Gasteiger partial charge in [0, 0.05) is 23.5 Å². The smallest absolute Gasteiger partial charge is 0.269 e. The number of nitro groups is 1. The van der Waals surface area contributed by atoms with Crippen LogP contribution < -0.4 is 4.90 Å². The summed E-state index contributed by atoms with van der Waals surface area (Å²) in [7, 11) is 0. The number of hydrogen-bond donors (Lipinski definition) is 0. The van der Waals surface area contributed by atoms with Crippen molar-refractivity contribution in [3.05, 3.63) is 64.7 Å². The zero-order valence-corrected chi connectivity index (χ0v) is 11.2. The van der Waals surface area contributed by atoms with E-state index in [9.17, 15) is 14.9 Å². The van der Waals surface area contributed by atoms with Gasteiger partial charge in [0.25, 0.3) is 5.69 Å². The fourth-order valence-electron chi connectivity index (χ4n) is 1.80. The lowest BCUT2D eigenvalue weighted by atomic mass is 10.2. The van der Waals surface area contributed by atoms with E-state index in [1.54, 1.807) is 24.3 Å². The molecule has 0 N–H and O–H groups in total. The van der Waals surface area contributed by atoms with Crippen LogP contribution >= 0.6 is 11.6 Å². The number of hydrogen-bond acceptors (Lipinski definition) is 3. The molecule has 102 valence electrons. The molecule has 0 aliphatic heterocycles. The predicted molar refractivity (Wildman–Crippen MR) is 77.4 cm³/mol. The second-order valence-corrected chi connectivity index (χ2v) is 4.24. The molecule has 0 atom stereocenters. The molecule has 0 unspecified atom stereocenters. The second kappa shape index (κ2) is 6.16. The molecule has 1 amide bonds. The Morgan fingerprint density at radius 1 is 1.05 bits per heavy atom. The van der Waals surface area contributed by atoms with E-state index in [-0.39, 0.29) is 17.5 Å². The van der Waals surface area contributed by atoms with Crippen molar-refractivity contribution in [1.29, 1.82) is 0 Å². The van der Waals surface area contributed by atoms with Crippen LogP contribution in [0.1, 0.15) is 0 Å². The predicted octanol–water partition coefficient (Wildman–Crippen LogP) is 3.50. The number of carbonyl (C=O) groups excluding carboxylic acids is 1. The molecule has 0 radical (unpaired) electrons. The summed E-state index contributed by atoms with van der Waals surface area (Å²) < 4.78 is 0. The lowest BCUT2D eigenvalue weighted by Crippen LogP contribution is -2.26. The first kappa shape index (κ1) is 14.0. The van der Waals surface area contributed by atoms with Gasteiger partial charge >= 0.3 is 0 Å². The third-order valence-corrected chi connectivity index (χ3v) is 2.93. The molecule has 0 spiro atoms. The molecule has 2 aromatic rings. The highest BCUT2D eigenvalue weighted by molar-refractivity contribution is 6.30. The van der Waals surface area contributed by atoms with Crippen LogP contribution in [0.2, 0.25) is 0 Å². The van der Waals surface area contributed by atoms with E-state index in [0.717, 1.165) is 0 Å². The summed E-state index contributed by atoms with van der Waals surface area (Å²) in [6, 6.07) is 14.7. The van der Waals surface area contributed by atoms with Gasteiger partial charge in [-0.25, -0.2) is 0 Å². The molecule has 0 saturated carbocycles. The Morgan fingerprint density at radius 2 is 1.60 bits per heavy atom. The monoisotopic (exact) mass is 290 g/mol. The van der Waals surface area contributed by atoms with Crippen molar-refractivity contribution in [2.24, 2.45) is 0 Å². The highest BCUT2D eigenvalue weighted by Crippen LogP contribution is 2.27. The van der Waals surface area contributed by atoms with Gasteiger partial charge < -0.3 is 0 Å². The number of rotatable bonds is 4. The van der Waals surface area contributed by atoms with E-state index >= 15 is 0 Å². The molecule has 20 heavy (non-hydrogen) atoms. The van der Waals surface area contributed by atoms with Crippen LogP contribution in [0.3, 0.4) is 0 Å². The number of nitrogens with zero attached hydrogens (tertiary/aromatic N) is 2. The first-order valence-corrected chi connectivity index (χ1v) is 6.35. The van der Waals surface area contributed by atoms with Gasteiger partial charge in [-0.1, -0.05) is 18.2 Å². The quantitative estimate of drug-likeness (QED) is 0.492. The number of non-ortho nitro benzene ring substituents is 1. The van der Waals surface area contributed by atoms with Crippen molar-refractivity contribution in [2.75, 3.05) is 10.8 Å². The van der Waals surface area contributed by atoms with Crippen LogP contribution in [-0.2, 0) is 4.79 Å². The Hall–Kier alpha value is -2.40. The SMILES string of the molecule is O=C(CCl)N(c1ccccc1)c1ccc([N+](=O)[O-])cc1. The maximum absolute atomic E-state index is 12.0. The summed E-state index contributed by atoms with van der Waals surface area (Å²) in [6.45, 7) is 0. The summed E-state index contributed by atoms with van der Waals surface area (Å²) >= 11 is 5.63. The van der Waals surface area contributed by atoms with Gasteiger partial charge in [0.1, 0.15) is 5.88 Å². The van der Waals surface area contributed by atoms with Gasteiger partial charge in [0.05, 0.1) is 4.92 Å². The molecule has 0 aliphatic carbocycles. The summed E-state index contributed by atoms with van der Waals surface area (Å²) in [5, 5.41) is 10.6. The molecule has 0 bridgehead atoms. The van der Waals surface area contributed by atoms with Crippen LogP contribution in [0, 0.1) is 10.1 Å². The molecule has 0 aliphatic rings. The van der Waals surface area contributed by atoms with Gasteiger partial charge in [-0.05, 0) is 24.3 Å². The number of carbonyl (C=O) groups is 1. The molecule has 0 saturated heterocycles. The molecular weight excluding hydrogens is 280 g/mol. The number of halogens is 1. The van der Waals surface area contributed by atoms with Crippen molar-refractivity contribution >= 4 is 34.6 Å². The lowest BCUT2D eigenvalue weighted by molar-refractivity contribution is -0.384. The zero-order chi connectivity index (χ0) is 14.5. The van der Waals surface area contributed by atoms with Crippen LogP contribution in [-0.4, -0.2) is 16.7 Å². The number of benzene rings is 2. The lowest BCUT2D eigenvalue weighted by Gasteiger charge is -2.21. The maximum Gasteiger partial charge on any atom is 0.269 e. The van der Waals surface area contributed by atoms with Gasteiger partial charge in [0.15, 0.2) is 0 Å². The van der Waals surface area contributed by atoms with Gasteiger partial charge in [-0.15, -0.1) is 11.6 Å². The molecule has 5 nitrogen and oxygen atoms in total. The minimum Gasteiger partial charge on any atom is -0.280 e. The van der Waals surface area contributed by atoms with Crippen molar-refractivity contribution < 1.29 is 9.72 Å². The highest BCUT2D eigenvalue weighted by atomic mass is 35.5. The van der Waals surface area contributed by atoms with Crippen molar-refractivity contribution in [2.45, 2.75) is 0 Å². The van der Waals surface area contributed by atoms with Gasteiger partial charge in [-0.2, -0.15) is 0 Å². The summed E-state index contributed by atoms with van der Waals surface area (Å²) in [4.78, 5) is 23.6. The maximum atomic E-state index is 12.0. The third kappa shape index (κ3) is 2.95. The Bertz CT molecular complexity index is 614. The zero-order valence-electron chi connectivity index (χ0n) is 10.4. The fraction of sp³-hybridized carbons (Fsp3) is 0.0714. The number of alkyl halides is 1. The number of amides is 1. The molecule has 6 heteroatoms. The molecule has 0 fully saturated rings. The summed E-state index contributed by atoms with van der Waals surface area (Å²) in [5.41, 5.74) is 1.17. The first-order valence-electron chi connectivity index (χ1n) is 5.82. The first-order chi connectivity index (χ1) is 9.63. The van der Waals surface area contributed by atoms with E-state index in [0.29, 0.717) is 11.4 Å². The molecule has 2 aromatic carbocycles. The normalized spacial score (nSPS) is 10.1. The highest BCUT2D eigenvalue weighted by Gasteiger charge is 2.17. The van der Waals surface area contributed by atoms with Gasteiger partial charge in [0.2, 0.25) is 5.91 Å². The van der Waals surface area contributed by atoms with E-state index in [1.165, 1.54) is 29.2 Å². The third-order valence-electron chi connectivity index (χ3n) is 2.70. The van der Waals surface area contributed by atoms with Crippen LogP contribution in [0.15, 0.2) is 54.6 Å². The van der Waals surface area contributed by atoms with E-state index in [1.807, 2.05) is 6.07 Å². The average molecular weight is 291 g/mol. The summed E-state index contributed by atoms with van der Waals surface area (Å²) in [6.07, 6.45) is 0. The van der Waals surface area contributed by atoms with Crippen molar-refractivity contribution in [1.82, 2.24) is 0 Å². The molecule has 0 heterocycles. The fourth-order valence-corrected chi connectivity index (χ4v) is 1.92. The van der Waals surface area contributed by atoms with Crippen LogP contribution in [0.25, 0.3) is 0 Å². The second-order valence-electron chi connectivity index (χ2n) is 3.97. The average Bonchev–Trinajstić information content (AvgIpc) is 2.49. The largest absolute Gasteiger partial charge is 0.280 e. The number of anilines is 2.